The number of fused-ring (bicyclic) bond motifs is 1. The van der Waals surface area contributed by atoms with E-state index >= 15 is 0 Å². The van der Waals surface area contributed by atoms with E-state index in [0.29, 0.717) is 16.3 Å². The van der Waals surface area contributed by atoms with Crippen molar-refractivity contribution in [2.75, 3.05) is 5.32 Å². The number of benzene rings is 2. The minimum absolute atomic E-state index is 0.119. The summed E-state index contributed by atoms with van der Waals surface area (Å²) < 4.78 is 0.960. The number of anilines is 1. The molecule has 1 aliphatic rings. The normalized spacial score (nSPS) is 12.6. The number of aromatic hydroxyl groups is 1. The van der Waals surface area contributed by atoms with Gasteiger partial charge in [-0.25, -0.2) is 4.99 Å². The number of carbonyl (C=O) groups is 2. The van der Waals surface area contributed by atoms with E-state index in [1.165, 1.54) is 0 Å². The summed E-state index contributed by atoms with van der Waals surface area (Å²) in [6, 6.07) is 12.4. The van der Waals surface area contributed by atoms with E-state index in [0.717, 1.165) is 27.0 Å². The Balaban J connectivity index is 1.68. The van der Waals surface area contributed by atoms with Crippen LogP contribution in [-0.2, 0) is 16.1 Å². The van der Waals surface area contributed by atoms with Crippen LogP contribution in [0.5, 0.6) is 5.88 Å². The van der Waals surface area contributed by atoms with Gasteiger partial charge in [0, 0.05) is 10.9 Å². The lowest BCUT2D eigenvalue weighted by atomic mass is 10.1. The largest absolute Gasteiger partial charge is 0.493 e. The summed E-state index contributed by atoms with van der Waals surface area (Å²) in [5.74, 6) is -1.38. The summed E-state index contributed by atoms with van der Waals surface area (Å²) in [5.41, 5.74) is 2.77. The van der Waals surface area contributed by atoms with Crippen molar-refractivity contribution in [3.05, 3.63) is 78.7 Å². The molecule has 1 aromatic heterocycles. The Kier molecular flexibility index (Phi) is 4.63. The van der Waals surface area contributed by atoms with Gasteiger partial charge in [0.05, 0.1) is 10.9 Å². The van der Waals surface area contributed by atoms with E-state index in [1.54, 1.807) is 30.3 Å². The average Bonchev–Trinajstić information content (AvgIpc) is 3.15. The number of para-hydroxylation sites is 1. The molecule has 1 aliphatic heterocycles. The Morgan fingerprint density at radius 3 is 2.69 bits per heavy atom. The molecule has 29 heavy (non-hydrogen) atoms. The third-order valence-corrected chi connectivity index (χ3v) is 5.87. The first-order chi connectivity index (χ1) is 13.9. The minimum Gasteiger partial charge on any atom is -0.493 e. The smallest absolute Gasteiger partial charge is 0.311 e. The fourth-order valence-corrected chi connectivity index (χ4v) is 4.14. The number of aromatic nitrogens is 1. The molecule has 7 nitrogen and oxygen atoms in total. The number of carbonyl (C=O) groups excluding carboxylic acids is 2. The van der Waals surface area contributed by atoms with E-state index in [9.17, 15) is 19.5 Å². The Labute approximate surface area is 169 Å². The summed E-state index contributed by atoms with van der Waals surface area (Å²) in [5, 5.41) is 14.4. The van der Waals surface area contributed by atoms with Crippen LogP contribution < -0.4 is 20.8 Å². The molecule has 2 aromatic carbocycles. The molecular formula is C21H17N3O4S. The monoisotopic (exact) mass is 407 g/mol. The Hall–Kier alpha value is -3.52. The molecule has 3 aromatic rings. The third-order valence-electron chi connectivity index (χ3n) is 4.89. The topological polar surface area (TPSA) is 101 Å². The molecule has 0 saturated carbocycles. The molecular weight excluding hydrogens is 390 g/mol. The second-order valence-corrected chi connectivity index (χ2v) is 7.67. The van der Waals surface area contributed by atoms with Gasteiger partial charge in [-0.1, -0.05) is 41.7 Å². The van der Waals surface area contributed by atoms with Crippen LogP contribution in [0.3, 0.4) is 0 Å². The molecule has 0 aliphatic carbocycles. The lowest BCUT2D eigenvalue weighted by Gasteiger charge is -2.11. The zero-order chi connectivity index (χ0) is 20.7. The standard InChI is InChI=1S/C21H17N3O4S/c1-11-6-5-9-14(12(11)2)22-16(25)10-24-20(27)18(29-21(24)28)17-13-7-3-4-8-15(13)23-19(17)26/h3-9,27H,10H2,1-2H3,(H,22,25). The van der Waals surface area contributed by atoms with E-state index in [4.69, 9.17) is 0 Å². The highest BCUT2D eigenvalue weighted by molar-refractivity contribution is 7.11. The third kappa shape index (κ3) is 3.27. The van der Waals surface area contributed by atoms with Crippen molar-refractivity contribution in [3.63, 3.8) is 0 Å². The number of amides is 2. The second kappa shape index (κ2) is 7.14. The molecule has 0 spiro atoms. The maximum atomic E-state index is 12.5. The van der Waals surface area contributed by atoms with Gasteiger partial charge in [-0.15, -0.1) is 0 Å². The first-order valence-electron chi connectivity index (χ1n) is 8.88. The Bertz CT molecular complexity index is 1350. The summed E-state index contributed by atoms with van der Waals surface area (Å²) in [6.07, 6.45) is 0. The van der Waals surface area contributed by atoms with Gasteiger partial charge in [-0.2, -0.15) is 0 Å². The average molecular weight is 407 g/mol. The van der Waals surface area contributed by atoms with Crippen molar-refractivity contribution in [2.24, 2.45) is 4.99 Å². The van der Waals surface area contributed by atoms with Crippen molar-refractivity contribution in [3.8, 4) is 5.88 Å². The summed E-state index contributed by atoms with van der Waals surface area (Å²) >= 11 is 0.719. The van der Waals surface area contributed by atoms with Crippen molar-refractivity contribution in [2.45, 2.75) is 20.4 Å². The highest BCUT2D eigenvalue weighted by Gasteiger charge is 2.26. The van der Waals surface area contributed by atoms with Gasteiger partial charge in [-0.3, -0.25) is 19.0 Å². The Morgan fingerprint density at radius 2 is 1.90 bits per heavy atom. The van der Waals surface area contributed by atoms with E-state index in [-0.39, 0.29) is 17.0 Å². The van der Waals surface area contributed by atoms with Crippen LogP contribution >= 0.6 is 11.3 Å². The van der Waals surface area contributed by atoms with Crippen LogP contribution in [-0.4, -0.2) is 21.5 Å². The lowest BCUT2D eigenvalue weighted by molar-refractivity contribution is -0.117. The van der Waals surface area contributed by atoms with Crippen LogP contribution in [0.2, 0.25) is 0 Å². The van der Waals surface area contributed by atoms with Gasteiger partial charge in [0.2, 0.25) is 11.8 Å². The Morgan fingerprint density at radius 1 is 1.14 bits per heavy atom. The summed E-state index contributed by atoms with van der Waals surface area (Å²) in [6.45, 7) is 3.46. The van der Waals surface area contributed by atoms with Gasteiger partial charge in [-0.05, 0) is 37.1 Å². The van der Waals surface area contributed by atoms with Crippen LogP contribution in [0.1, 0.15) is 16.0 Å². The minimum atomic E-state index is -0.529. The van der Waals surface area contributed by atoms with Crippen molar-refractivity contribution in [1.29, 1.82) is 0 Å². The first-order valence-corrected chi connectivity index (χ1v) is 9.70. The van der Waals surface area contributed by atoms with E-state index in [2.05, 4.69) is 10.3 Å². The molecule has 2 amide bonds. The number of nitrogens with one attached hydrogen (secondary N) is 1. The summed E-state index contributed by atoms with van der Waals surface area (Å²) in [4.78, 5) is 40.8. The van der Waals surface area contributed by atoms with Gasteiger partial charge < -0.3 is 10.4 Å². The zero-order valence-electron chi connectivity index (χ0n) is 15.7. The predicted octanol–water partition coefficient (Wildman–Crippen LogP) is 1.23. The molecule has 8 heteroatoms. The molecule has 0 fully saturated rings. The number of aryl methyl sites for hydroxylation is 1. The van der Waals surface area contributed by atoms with E-state index < -0.39 is 22.6 Å². The quantitative estimate of drug-likeness (QED) is 0.679. The van der Waals surface area contributed by atoms with Crippen LogP contribution in [0.25, 0.3) is 5.57 Å². The molecule has 2 heterocycles. The first kappa shape index (κ1) is 18.8. The maximum Gasteiger partial charge on any atom is 0.311 e. The molecule has 0 saturated heterocycles. The van der Waals surface area contributed by atoms with Gasteiger partial charge in [0.1, 0.15) is 11.4 Å². The van der Waals surface area contributed by atoms with Crippen molar-refractivity contribution >= 4 is 34.4 Å². The maximum absolute atomic E-state index is 12.5. The molecule has 146 valence electrons. The summed E-state index contributed by atoms with van der Waals surface area (Å²) in [7, 11) is 0. The molecule has 0 atom stereocenters. The van der Waals surface area contributed by atoms with Crippen molar-refractivity contribution in [1.82, 2.24) is 4.57 Å². The zero-order valence-corrected chi connectivity index (χ0v) is 16.5. The van der Waals surface area contributed by atoms with Crippen LogP contribution in [0.15, 0.2) is 52.3 Å². The number of thiazole rings is 1. The number of rotatable bonds is 4. The lowest BCUT2D eigenvalue weighted by Crippen LogP contribution is -2.24. The molecule has 0 bridgehead atoms. The number of hydrogen-bond donors (Lipinski definition) is 2. The molecule has 0 radical (unpaired) electrons. The SMILES string of the molecule is Cc1cccc(NC(=O)Cn2c(O)c(C3=c4ccccc4=NC3=O)sc2=O)c1C. The molecule has 2 N–H and O–H groups in total. The number of hydrogen-bond acceptors (Lipinski definition) is 5. The van der Waals surface area contributed by atoms with Gasteiger partial charge in [0.15, 0.2) is 0 Å². The van der Waals surface area contributed by atoms with Crippen LogP contribution in [0, 0.1) is 13.8 Å². The fraction of sp³-hybridized carbons (Fsp3) is 0.143. The van der Waals surface area contributed by atoms with Gasteiger partial charge in [0.25, 0.3) is 5.91 Å². The van der Waals surface area contributed by atoms with Crippen molar-refractivity contribution < 1.29 is 14.7 Å². The number of nitrogens with zero attached hydrogens (tertiary/aromatic N) is 2. The van der Waals surface area contributed by atoms with E-state index in [1.807, 2.05) is 26.0 Å². The molecule has 4 rings (SSSR count). The predicted molar refractivity (Wildman–Crippen MR) is 110 cm³/mol. The van der Waals surface area contributed by atoms with Gasteiger partial charge >= 0.3 is 4.87 Å². The highest BCUT2D eigenvalue weighted by Crippen LogP contribution is 2.28. The van der Waals surface area contributed by atoms with Crippen LogP contribution in [0.4, 0.5) is 5.69 Å². The second-order valence-electron chi connectivity index (χ2n) is 6.71. The highest BCUT2D eigenvalue weighted by atomic mass is 32.1. The fourth-order valence-electron chi connectivity index (χ4n) is 3.20. The molecule has 0 unspecified atom stereocenters.